The molecule has 154 valence electrons. The number of aromatic amines is 1. The van der Waals surface area contributed by atoms with Crippen molar-refractivity contribution in [2.75, 3.05) is 25.9 Å². The summed E-state index contributed by atoms with van der Waals surface area (Å²) in [7, 11) is -1.49. The summed E-state index contributed by atoms with van der Waals surface area (Å²) in [4.78, 5) is 2.52. The molecule has 0 bridgehead atoms. The van der Waals surface area contributed by atoms with Crippen LogP contribution in [0.4, 0.5) is 5.82 Å². The number of nitrogens with zero attached hydrogens (tertiary/aromatic N) is 2. The molecule has 0 spiro atoms. The highest BCUT2D eigenvalue weighted by molar-refractivity contribution is 7.89. The standard InChI is InChI=1S/C21H27N5O2S/c1-13-12-16(29(27,28)25-15-8-10-26(3)11-9-15)4-5-17(13)18-6-7-19-20(14(18)2)21(22)24-23-19/h4-7,12,15,25H,8-11H2,1-3H3,(H3,22,23,24). The van der Waals surface area contributed by atoms with Crippen molar-refractivity contribution in [2.24, 2.45) is 0 Å². The van der Waals surface area contributed by atoms with Gasteiger partial charge in [0, 0.05) is 11.4 Å². The molecule has 8 heteroatoms. The molecule has 2 aromatic carbocycles. The van der Waals surface area contributed by atoms with Gasteiger partial charge < -0.3 is 10.6 Å². The van der Waals surface area contributed by atoms with Gasteiger partial charge in [0.1, 0.15) is 0 Å². The molecule has 7 nitrogen and oxygen atoms in total. The molecule has 1 fully saturated rings. The van der Waals surface area contributed by atoms with Crippen molar-refractivity contribution in [2.45, 2.75) is 37.6 Å². The Labute approximate surface area is 171 Å². The van der Waals surface area contributed by atoms with Gasteiger partial charge in [0.15, 0.2) is 5.82 Å². The van der Waals surface area contributed by atoms with E-state index in [-0.39, 0.29) is 6.04 Å². The summed E-state index contributed by atoms with van der Waals surface area (Å²) in [6, 6.07) is 9.26. The van der Waals surface area contributed by atoms with Crippen molar-refractivity contribution >= 4 is 26.7 Å². The number of sulfonamides is 1. The van der Waals surface area contributed by atoms with Crippen LogP contribution >= 0.6 is 0 Å². The van der Waals surface area contributed by atoms with Crippen molar-refractivity contribution < 1.29 is 8.42 Å². The van der Waals surface area contributed by atoms with E-state index in [2.05, 4.69) is 26.9 Å². The monoisotopic (exact) mass is 413 g/mol. The van der Waals surface area contributed by atoms with Crippen LogP contribution in [0.5, 0.6) is 0 Å². The third-order valence-electron chi connectivity index (χ3n) is 5.86. The fourth-order valence-electron chi connectivity index (χ4n) is 4.12. The summed E-state index contributed by atoms with van der Waals surface area (Å²) in [6.07, 6.45) is 1.66. The Morgan fingerprint density at radius 2 is 1.83 bits per heavy atom. The molecule has 2 heterocycles. The van der Waals surface area contributed by atoms with Crippen LogP contribution in [-0.2, 0) is 10.0 Å². The van der Waals surface area contributed by atoms with Crippen LogP contribution in [-0.4, -0.2) is 49.7 Å². The zero-order valence-corrected chi connectivity index (χ0v) is 17.8. The number of nitrogens with one attached hydrogen (secondary N) is 2. The number of rotatable bonds is 4. The molecule has 3 aromatic rings. The largest absolute Gasteiger partial charge is 0.382 e. The lowest BCUT2D eigenvalue weighted by Crippen LogP contribution is -2.43. The smallest absolute Gasteiger partial charge is 0.240 e. The number of aromatic nitrogens is 2. The molecule has 29 heavy (non-hydrogen) atoms. The SMILES string of the molecule is Cc1cc(S(=O)(=O)NC2CCN(C)CC2)ccc1-c1ccc2[nH]nc(N)c2c1C. The normalized spacial score (nSPS) is 16.5. The van der Waals surface area contributed by atoms with Crippen LogP contribution in [0.25, 0.3) is 22.0 Å². The van der Waals surface area contributed by atoms with E-state index >= 15 is 0 Å². The third kappa shape index (κ3) is 3.75. The van der Waals surface area contributed by atoms with Gasteiger partial charge in [-0.25, -0.2) is 13.1 Å². The fraction of sp³-hybridized carbons (Fsp3) is 0.381. The summed E-state index contributed by atoms with van der Waals surface area (Å²) in [5, 5.41) is 7.91. The highest BCUT2D eigenvalue weighted by atomic mass is 32.2. The lowest BCUT2D eigenvalue weighted by Gasteiger charge is -2.29. The Morgan fingerprint density at radius 1 is 1.14 bits per heavy atom. The van der Waals surface area contributed by atoms with E-state index in [0.29, 0.717) is 10.7 Å². The molecule has 1 aliphatic heterocycles. The van der Waals surface area contributed by atoms with Crippen LogP contribution in [0.2, 0.25) is 0 Å². The molecule has 1 aromatic heterocycles. The third-order valence-corrected chi connectivity index (χ3v) is 7.37. The number of nitrogen functional groups attached to an aromatic ring is 1. The van der Waals surface area contributed by atoms with Crippen LogP contribution in [0, 0.1) is 13.8 Å². The van der Waals surface area contributed by atoms with E-state index < -0.39 is 10.0 Å². The van der Waals surface area contributed by atoms with Crippen molar-refractivity contribution in [3.05, 3.63) is 41.5 Å². The minimum Gasteiger partial charge on any atom is -0.382 e. The maximum Gasteiger partial charge on any atom is 0.240 e. The first-order valence-corrected chi connectivity index (χ1v) is 11.3. The highest BCUT2D eigenvalue weighted by Crippen LogP contribution is 2.34. The zero-order valence-electron chi connectivity index (χ0n) is 17.0. The summed E-state index contributed by atoms with van der Waals surface area (Å²) < 4.78 is 28.6. The molecule has 0 aliphatic carbocycles. The summed E-state index contributed by atoms with van der Waals surface area (Å²) in [5.41, 5.74) is 10.8. The van der Waals surface area contributed by atoms with Gasteiger partial charge in [-0.05, 0) is 87.3 Å². The van der Waals surface area contributed by atoms with Crippen molar-refractivity contribution in [1.82, 2.24) is 19.8 Å². The minimum atomic E-state index is -3.54. The Kier molecular flexibility index (Phi) is 5.10. The Bertz CT molecular complexity index is 1160. The van der Waals surface area contributed by atoms with Crippen molar-refractivity contribution in [3.8, 4) is 11.1 Å². The summed E-state index contributed by atoms with van der Waals surface area (Å²) >= 11 is 0. The van der Waals surface area contributed by atoms with Gasteiger partial charge in [-0.3, -0.25) is 5.10 Å². The lowest BCUT2D eigenvalue weighted by atomic mass is 9.94. The first kappa shape index (κ1) is 19.9. The molecular formula is C21H27N5O2S. The average molecular weight is 414 g/mol. The molecule has 0 unspecified atom stereocenters. The Morgan fingerprint density at radius 3 is 2.52 bits per heavy atom. The van der Waals surface area contributed by atoms with Gasteiger partial charge in [-0.1, -0.05) is 12.1 Å². The Hall–Kier alpha value is -2.42. The molecular weight excluding hydrogens is 386 g/mol. The second kappa shape index (κ2) is 7.44. The second-order valence-electron chi connectivity index (χ2n) is 7.95. The van der Waals surface area contributed by atoms with Crippen LogP contribution in [0.3, 0.4) is 0 Å². The van der Waals surface area contributed by atoms with Crippen molar-refractivity contribution in [3.63, 3.8) is 0 Å². The summed E-state index contributed by atoms with van der Waals surface area (Å²) in [5.74, 6) is 0.471. The first-order chi connectivity index (χ1) is 13.8. The number of anilines is 1. The summed E-state index contributed by atoms with van der Waals surface area (Å²) in [6.45, 7) is 5.76. The van der Waals surface area contributed by atoms with Crippen LogP contribution < -0.4 is 10.5 Å². The molecule has 0 radical (unpaired) electrons. The maximum atomic E-state index is 12.9. The van der Waals surface area contributed by atoms with E-state index in [9.17, 15) is 8.42 Å². The number of benzene rings is 2. The van der Waals surface area contributed by atoms with Crippen molar-refractivity contribution in [1.29, 1.82) is 0 Å². The number of H-pyrrole nitrogens is 1. The number of hydrogen-bond donors (Lipinski definition) is 3. The number of aryl methyl sites for hydroxylation is 2. The molecule has 4 N–H and O–H groups in total. The fourth-order valence-corrected chi connectivity index (χ4v) is 5.51. The lowest BCUT2D eigenvalue weighted by molar-refractivity contribution is 0.248. The molecule has 1 saturated heterocycles. The number of fused-ring (bicyclic) bond motifs is 1. The van der Waals surface area contributed by atoms with Gasteiger partial charge in [-0.15, -0.1) is 0 Å². The number of likely N-dealkylation sites (tertiary alicyclic amines) is 1. The molecule has 4 rings (SSSR count). The number of nitrogens with two attached hydrogens (primary N) is 1. The van der Waals surface area contributed by atoms with E-state index in [4.69, 9.17) is 5.73 Å². The van der Waals surface area contributed by atoms with Crippen LogP contribution in [0.15, 0.2) is 35.2 Å². The molecule has 0 saturated carbocycles. The van der Waals surface area contributed by atoms with Gasteiger partial charge in [0.05, 0.1) is 10.4 Å². The second-order valence-corrected chi connectivity index (χ2v) is 9.66. The molecule has 1 aliphatic rings. The number of hydrogen-bond acceptors (Lipinski definition) is 5. The average Bonchev–Trinajstić information content (AvgIpc) is 3.06. The zero-order chi connectivity index (χ0) is 20.8. The minimum absolute atomic E-state index is 0.00935. The van der Waals surface area contributed by atoms with E-state index in [1.807, 2.05) is 32.0 Å². The predicted octanol–water partition coefficient (Wildman–Crippen LogP) is 2.80. The van der Waals surface area contributed by atoms with Gasteiger partial charge >= 0.3 is 0 Å². The topological polar surface area (TPSA) is 104 Å². The van der Waals surface area contributed by atoms with E-state index in [0.717, 1.165) is 59.1 Å². The quantitative estimate of drug-likeness (QED) is 0.610. The maximum absolute atomic E-state index is 12.9. The van der Waals surface area contributed by atoms with Crippen LogP contribution in [0.1, 0.15) is 24.0 Å². The van der Waals surface area contributed by atoms with Gasteiger partial charge in [0.25, 0.3) is 0 Å². The highest BCUT2D eigenvalue weighted by Gasteiger charge is 2.24. The van der Waals surface area contributed by atoms with E-state index in [1.165, 1.54) is 0 Å². The molecule has 0 atom stereocenters. The van der Waals surface area contributed by atoms with Gasteiger partial charge in [-0.2, -0.15) is 5.10 Å². The predicted molar refractivity (Wildman–Crippen MR) is 116 cm³/mol. The van der Waals surface area contributed by atoms with E-state index in [1.54, 1.807) is 12.1 Å². The first-order valence-electron chi connectivity index (χ1n) is 9.81. The Balaban J connectivity index is 1.64. The molecule has 0 amide bonds. The van der Waals surface area contributed by atoms with Gasteiger partial charge in [0.2, 0.25) is 10.0 Å². The number of piperidine rings is 1.